The average molecular weight is 323 g/mol. The fourth-order valence-electron chi connectivity index (χ4n) is 3.39. The standard InChI is InChI=1S/C21H38S/c1-5-7-9-11-13-19(14-12-10-8-6-2)21-17-22-16-20(21)15-18(3)4/h16-19H,5-15H2,1-4H3. The summed E-state index contributed by atoms with van der Waals surface area (Å²) >= 11 is 1.92. The SMILES string of the molecule is CCCCCCC(CCCCCC)c1cscc1CC(C)C. The van der Waals surface area contributed by atoms with Crippen LogP contribution in [0.15, 0.2) is 10.8 Å². The van der Waals surface area contributed by atoms with Gasteiger partial charge in [-0.05, 0) is 53.0 Å². The zero-order chi connectivity index (χ0) is 16.2. The minimum atomic E-state index is 0.772. The molecule has 0 atom stereocenters. The van der Waals surface area contributed by atoms with Gasteiger partial charge in [-0.15, -0.1) is 0 Å². The third kappa shape index (κ3) is 7.81. The highest BCUT2D eigenvalue weighted by Gasteiger charge is 2.16. The second kappa shape index (κ2) is 12.2. The van der Waals surface area contributed by atoms with Gasteiger partial charge in [-0.2, -0.15) is 11.3 Å². The molecule has 0 unspecified atom stereocenters. The van der Waals surface area contributed by atoms with Crippen LogP contribution in [-0.4, -0.2) is 0 Å². The quantitative estimate of drug-likeness (QED) is 0.323. The number of rotatable bonds is 13. The van der Waals surface area contributed by atoms with E-state index in [0.29, 0.717) is 0 Å². The maximum absolute atomic E-state index is 2.46. The summed E-state index contributed by atoms with van der Waals surface area (Å²) in [5.74, 6) is 1.60. The molecule has 1 heteroatoms. The Morgan fingerprint density at radius 3 is 1.91 bits per heavy atom. The molecule has 1 aromatic heterocycles. The topological polar surface area (TPSA) is 0 Å². The second-order valence-corrected chi connectivity index (χ2v) is 8.09. The lowest BCUT2D eigenvalue weighted by Crippen LogP contribution is -2.04. The molecule has 0 bridgehead atoms. The van der Waals surface area contributed by atoms with Gasteiger partial charge in [0.2, 0.25) is 0 Å². The summed E-state index contributed by atoms with van der Waals surface area (Å²) in [6, 6.07) is 0. The summed E-state index contributed by atoms with van der Waals surface area (Å²) in [4.78, 5) is 0. The highest BCUT2D eigenvalue weighted by molar-refractivity contribution is 7.08. The predicted molar refractivity (Wildman–Crippen MR) is 103 cm³/mol. The first-order valence-electron chi connectivity index (χ1n) is 9.73. The summed E-state index contributed by atoms with van der Waals surface area (Å²) in [5.41, 5.74) is 3.35. The molecule has 22 heavy (non-hydrogen) atoms. The van der Waals surface area contributed by atoms with Gasteiger partial charge in [-0.25, -0.2) is 0 Å². The fraction of sp³-hybridized carbons (Fsp3) is 0.810. The zero-order valence-corrected chi connectivity index (χ0v) is 16.3. The van der Waals surface area contributed by atoms with E-state index in [4.69, 9.17) is 0 Å². The van der Waals surface area contributed by atoms with Gasteiger partial charge in [0, 0.05) is 0 Å². The molecular weight excluding hydrogens is 284 g/mol. The molecule has 0 spiro atoms. The van der Waals surface area contributed by atoms with Crippen LogP contribution in [0.4, 0.5) is 0 Å². The molecule has 0 saturated carbocycles. The normalized spacial score (nSPS) is 11.7. The Hall–Kier alpha value is -0.300. The first-order chi connectivity index (χ1) is 10.7. The van der Waals surface area contributed by atoms with Gasteiger partial charge >= 0.3 is 0 Å². The van der Waals surface area contributed by atoms with Crippen LogP contribution < -0.4 is 0 Å². The molecule has 1 rings (SSSR count). The van der Waals surface area contributed by atoms with E-state index >= 15 is 0 Å². The predicted octanol–water partition coefficient (Wildman–Crippen LogP) is 7.97. The Kier molecular flexibility index (Phi) is 10.9. The summed E-state index contributed by atoms with van der Waals surface area (Å²) in [5, 5.41) is 4.88. The molecule has 1 aromatic rings. The molecular formula is C21H38S. The average Bonchev–Trinajstić information content (AvgIpc) is 2.93. The molecule has 0 amide bonds. The lowest BCUT2D eigenvalue weighted by molar-refractivity contribution is 0.492. The molecule has 128 valence electrons. The van der Waals surface area contributed by atoms with Crippen LogP contribution >= 0.6 is 11.3 Å². The minimum Gasteiger partial charge on any atom is -0.152 e. The first-order valence-corrected chi connectivity index (χ1v) is 10.7. The summed E-state index contributed by atoms with van der Waals surface area (Å²) in [6.07, 6.45) is 15.3. The van der Waals surface area contributed by atoms with Gasteiger partial charge in [-0.1, -0.05) is 79.1 Å². The molecule has 0 N–H and O–H groups in total. The van der Waals surface area contributed by atoms with E-state index in [1.165, 1.54) is 70.6 Å². The van der Waals surface area contributed by atoms with Crippen molar-refractivity contribution in [3.63, 3.8) is 0 Å². The van der Waals surface area contributed by atoms with E-state index in [1.807, 2.05) is 11.3 Å². The Morgan fingerprint density at radius 2 is 1.41 bits per heavy atom. The Labute approximate surface area is 143 Å². The monoisotopic (exact) mass is 322 g/mol. The molecule has 0 nitrogen and oxygen atoms in total. The highest BCUT2D eigenvalue weighted by Crippen LogP contribution is 2.34. The van der Waals surface area contributed by atoms with Gasteiger partial charge < -0.3 is 0 Å². The van der Waals surface area contributed by atoms with Crippen LogP contribution in [0, 0.1) is 5.92 Å². The van der Waals surface area contributed by atoms with E-state index in [-0.39, 0.29) is 0 Å². The number of unbranched alkanes of at least 4 members (excludes halogenated alkanes) is 6. The van der Waals surface area contributed by atoms with Crippen LogP contribution in [0.3, 0.4) is 0 Å². The van der Waals surface area contributed by atoms with Crippen molar-refractivity contribution in [3.05, 3.63) is 21.9 Å². The lowest BCUT2D eigenvalue weighted by atomic mass is 9.86. The third-order valence-corrected chi connectivity index (χ3v) is 5.47. The number of thiophene rings is 1. The van der Waals surface area contributed by atoms with Crippen molar-refractivity contribution >= 4 is 11.3 Å². The maximum Gasteiger partial charge on any atom is -0.00556 e. The Bertz CT molecular complexity index is 352. The van der Waals surface area contributed by atoms with Crippen LogP contribution in [0.2, 0.25) is 0 Å². The molecule has 0 aliphatic heterocycles. The molecule has 0 aromatic carbocycles. The van der Waals surface area contributed by atoms with Crippen LogP contribution in [0.1, 0.15) is 109 Å². The molecule has 1 heterocycles. The smallest absolute Gasteiger partial charge is 0.00556 e. The van der Waals surface area contributed by atoms with Gasteiger partial charge in [0.05, 0.1) is 0 Å². The Balaban J connectivity index is 2.60. The first kappa shape index (κ1) is 19.7. The molecule has 0 saturated heterocycles. The Morgan fingerprint density at radius 1 is 0.818 bits per heavy atom. The summed E-state index contributed by atoms with van der Waals surface area (Å²) in [6.45, 7) is 9.31. The van der Waals surface area contributed by atoms with Gasteiger partial charge in [0.1, 0.15) is 0 Å². The zero-order valence-electron chi connectivity index (χ0n) is 15.5. The van der Waals surface area contributed by atoms with Gasteiger partial charge in [0.25, 0.3) is 0 Å². The van der Waals surface area contributed by atoms with Crippen molar-refractivity contribution in [1.82, 2.24) is 0 Å². The number of hydrogen-bond acceptors (Lipinski definition) is 1. The van der Waals surface area contributed by atoms with Crippen molar-refractivity contribution in [2.75, 3.05) is 0 Å². The largest absolute Gasteiger partial charge is 0.152 e. The third-order valence-electron chi connectivity index (χ3n) is 4.66. The van der Waals surface area contributed by atoms with Crippen LogP contribution in [-0.2, 0) is 6.42 Å². The maximum atomic E-state index is 2.46. The minimum absolute atomic E-state index is 0.772. The van der Waals surface area contributed by atoms with E-state index < -0.39 is 0 Å². The van der Waals surface area contributed by atoms with E-state index in [1.54, 1.807) is 11.1 Å². The molecule has 0 aliphatic carbocycles. The van der Waals surface area contributed by atoms with Crippen molar-refractivity contribution in [2.24, 2.45) is 5.92 Å². The highest BCUT2D eigenvalue weighted by atomic mass is 32.1. The molecule has 0 aliphatic rings. The van der Waals surface area contributed by atoms with E-state index in [2.05, 4.69) is 38.5 Å². The van der Waals surface area contributed by atoms with Crippen molar-refractivity contribution in [1.29, 1.82) is 0 Å². The fourth-order valence-corrected chi connectivity index (χ4v) is 4.34. The molecule has 0 fully saturated rings. The van der Waals surface area contributed by atoms with Gasteiger partial charge in [0.15, 0.2) is 0 Å². The van der Waals surface area contributed by atoms with Gasteiger partial charge in [-0.3, -0.25) is 0 Å². The van der Waals surface area contributed by atoms with Crippen molar-refractivity contribution in [3.8, 4) is 0 Å². The molecule has 0 radical (unpaired) electrons. The van der Waals surface area contributed by atoms with Crippen LogP contribution in [0.5, 0.6) is 0 Å². The lowest BCUT2D eigenvalue weighted by Gasteiger charge is -2.19. The van der Waals surface area contributed by atoms with Crippen LogP contribution in [0.25, 0.3) is 0 Å². The second-order valence-electron chi connectivity index (χ2n) is 7.35. The van der Waals surface area contributed by atoms with E-state index in [9.17, 15) is 0 Å². The number of hydrogen-bond donors (Lipinski definition) is 0. The van der Waals surface area contributed by atoms with Crippen molar-refractivity contribution < 1.29 is 0 Å². The van der Waals surface area contributed by atoms with Crippen molar-refractivity contribution in [2.45, 2.75) is 104 Å². The summed E-state index contributed by atoms with van der Waals surface area (Å²) < 4.78 is 0. The van der Waals surface area contributed by atoms with E-state index in [0.717, 1.165) is 11.8 Å². The summed E-state index contributed by atoms with van der Waals surface area (Å²) in [7, 11) is 0.